The zero-order valence-corrected chi connectivity index (χ0v) is 22.2. The summed E-state index contributed by atoms with van der Waals surface area (Å²) in [4.78, 5) is 26.7. The third-order valence-corrected chi connectivity index (χ3v) is 7.70. The quantitative estimate of drug-likeness (QED) is 0.351. The Morgan fingerprint density at radius 2 is 1.67 bits per heavy atom. The molecule has 0 saturated heterocycles. The maximum Gasteiger partial charge on any atom is 0.329 e. The van der Waals surface area contributed by atoms with Crippen molar-refractivity contribution < 1.29 is 14.7 Å². The van der Waals surface area contributed by atoms with Crippen LogP contribution in [0.1, 0.15) is 64.8 Å². The van der Waals surface area contributed by atoms with E-state index in [9.17, 15) is 14.7 Å². The Morgan fingerprint density at radius 3 is 2.22 bits per heavy atom. The first-order valence-electron chi connectivity index (χ1n) is 12.3. The highest BCUT2D eigenvalue weighted by Gasteiger charge is 2.51. The summed E-state index contributed by atoms with van der Waals surface area (Å²) in [6, 6.07) is 18.8. The van der Waals surface area contributed by atoms with Gasteiger partial charge in [-0.25, -0.2) is 4.79 Å². The molecule has 1 saturated carbocycles. The summed E-state index contributed by atoms with van der Waals surface area (Å²) in [6.45, 7) is 8.01. The number of carboxylic acid groups (broad SMARTS) is 1. The average molecular weight is 505 g/mol. The van der Waals surface area contributed by atoms with Gasteiger partial charge in [0.1, 0.15) is 5.54 Å². The summed E-state index contributed by atoms with van der Waals surface area (Å²) in [7, 11) is 2.11. The minimum Gasteiger partial charge on any atom is -0.480 e. The van der Waals surface area contributed by atoms with Crippen LogP contribution in [0.4, 0.5) is 5.69 Å². The Kier molecular flexibility index (Phi) is 7.14. The number of nitrogens with one attached hydrogen (secondary N) is 1. The van der Waals surface area contributed by atoms with E-state index in [-0.39, 0.29) is 11.9 Å². The Labute approximate surface area is 218 Å². The monoisotopic (exact) mass is 504 g/mol. The fraction of sp³-hybridized carbons (Fsp3) is 0.333. The number of anilines is 1. The standard InChI is InChI=1S/C30H33ClN2O3/c1-6-26(22-10-11-25(31)18(2)14-22)33(5)24-9-7-8-21(17-24)23-15-19(3)27(20(4)16-23)28(34)32-30(12-13-30)29(35)36/h7-11,14-17,26H,6,12-13H2,1-5H3,(H,32,34)(H,35,36)/t26-/m1/s1. The smallest absolute Gasteiger partial charge is 0.329 e. The van der Waals surface area contributed by atoms with E-state index >= 15 is 0 Å². The molecule has 0 unspecified atom stereocenters. The van der Waals surface area contributed by atoms with Gasteiger partial charge in [-0.15, -0.1) is 0 Å². The number of halogens is 1. The van der Waals surface area contributed by atoms with Crippen molar-refractivity contribution in [2.45, 2.75) is 58.5 Å². The van der Waals surface area contributed by atoms with Crippen LogP contribution < -0.4 is 10.2 Å². The third-order valence-electron chi connectivity index (χ3n) is 7.28. The molecule has 6 heteroatoms. The lowest BCUT2D eigenvalue weighted by molar-refractivity contribution is -0.140. The van der Waals surface area contributed by atoms with Crippen molar-refractivity contribution in [1.29, 1.82) is 0 Å². The summed E-state index contributed by atoms with van der Waals surface area (Å²) in [6.07, 6.45) is 1.89. The van der Waals surface area contributed by atoms with Crippen molar-refractivity contribution in [3.8, 4) is 11.1 Å². The molecule has 1 aliphatic carbocycles. The molecular weight excluding hydrogens is 472 g/mol. The molecule has 1 fully saturated rings. The summed E-state index contributed by atoms with van der Waals surface area (Å²) in [5, 5.41) is 12.9. The molecule has 0 aromatic heterocycles. The van der Waals surface area contributed by atoms with Crippen LogP contribution in [0.25, 0.3) is 11.1 Å². The van der Waals surface area contributed by atoms with Gasteiger partial charge in [0.15, 0.2) is 0 Å². The number of aliphatic carboxylic acids is 1. The average Bonchev–Trinajstić information content (AvgIpc) is 3.62. The Hall–Kier alpha value is -3.31. The largest absolute Gasteiger partial charge is 0.480 e. The molecule has 1 amide bonds. The summed E-state index contributed by atoms with van der Waals surface area (Å²) in [5.74, 6) is -1.29. The second-order valence-electron chi connectivity index (χ2n) is 9.92. The maximum atomic E-state index is 12.9. The zero-order chi connectivity index (χ0) is 26.2. The van der Waals surface area contributed by atoms with Gasteiger partial charge in [0.2, 0.25) is 0 Å². The number of rotatable bonds is 8. The Bertz CT molecular complexity index is 1310. The SMILES string of the molecule is CC[C@H](c1ccc(Cl)c(C)c1)N(C)c1cccc(-c2cc(C)c(C(=O)NC3(C(=O)O)CC3)c(C)c2)c1. The van der Waals surface area contributed by atoms with Crippen LogP contribution in [0.5, 0.6) is 0 Å². The van der Waals surface area contributed by atoms with E-state index in [1.807, 2.05) is 39.0 Å². The normalized spacial score (nSPS) is 14.7. The highest BCUT2D eigenvalue weighted by molar-refractivity contribution is 6.31. The predicted molar refractivity (Wildman–Crippen MR) is 146 cm³/mol. The van der Waals surface area contributed by atoms with Crippen LogP contribution in [0.2, 0.25) is 5.02 Å². The lowest BCUT2D eigenvalue weighted by Crippen LogP contribution is -2.43. The second-order valence-corrected chi connectivity index (χ2v) is 10.3. The van der Waals surface area contributed by atoms with Crippen LogP contribution in [-0.2, 0) is 4.79 Å². The molecule has 36 heavy (non-hydrogen) atoms. The lowest BCUT2D eigenvalue weighted by Gasteiger charge is -2.30. The van der Waals surface area contributed by atoms with Crippen molar-refractivity contribution in [3.63, 3.8) is 0 Å². The number of nitrogens with zero attached hydrogens (tertiary/aromatic N) is 1. The van der Waals surface area contributed by atoms with Gasteiger partial charge in [-0.1, -0.05) is 54.9 Å². The predicted octanol–water partition coefficient (Wildman–Crippen LogP) is 6.87. The molecule has 188 valence electrons. The molecule has 3 aromatic rings. The van der Waals surface area contributed by atoms with Gasteiger partial charge in [0.25, 0.3) is 5.91 Å². The lowest BCUT2D eigenvalue weighted by atomic mass is 9.94. The highest BCUT2D eigenvalue weighted by Crippen LogP contribution is 2.37. The molecule has 4 rings (SSSR count). The molecule has 0 heterocycles. The number of amides is 1. The number of hydrogen-bond acceptors (Lipinski definition) is 3. The van der Waals surface area contributed by atoms with E-state index in [0.717, 1.165) is 44.9 Å². The van der Waals surface area contributed by atoms with E-state index < -0.39 is 11.5 Å². The van der Waals surface area contributed by atoms with Crippen molar-refractivity contribution in [3.05, 3.63) is 87.4 Å². The van der Waals surface area contributed by atoms with E-state index in [1.165, 1.54) is 5.56 Å². The minimum atomic E-state index is -1.11. The number of carbonyl (C=O) groups is 2. The molecule has 0 bridgehead atoms. The van der Waals surface area contributed by atoms with Crippen molar-refractivity contribution in [2.24, 2.45) is 0 Å². The number of aryl methyl sites for hydroxylation is 3. The molecule has 2 N–H and O–H groups in total. The van der Waals surface area contributed by atoms with E-state index in [2.05, 4.69) is 60.6 Å². The van der Waals surface area contributed by atoms with E-state index in [4.69, 9.17) is 11.6 Å². The molecule has 0 aliphatic heterocycles. The van der Waals surface area contributed by atoms with Crippen LogP contribution in [0.3, 0.4) is 0 Å². The van der Waals surface area contributed by atoms with Crippen LogP contribution >= 0.6 is 11.6 Å². The molecule has 0 spiro atoms. The zero-order valence-electron chi connectivity index (χ0n) is 21.5. The van der Waals surface area contributed by atoms with Crippen LogP contribution in [0.15, 0.2) is 54.6 Å². The number of benzene rings is 3. The van der Waals surface area contributed by atoms with Gasteiger partial charge in [0, 0.05) is 23.3 Å². The van der Waals surface area contributed by atoms with Gasteiger partial charge in [-0.3, -0.25) is 4.79 Å². The number of carboxylic acids is 1. The molecule has 0 radical (unpaired) electrons. The van der Waals surface area contributed by atoms with Gasteiger partial charge in [-0.05, 0) is 91.6 Å². The van der Waals surface area contributed by atoms with Crippen molar-refractivity contribution >= 4 is 29.2 Å². The fourth-order valence-electron chi connectivity index (χ4n) is 4.98. The molecule has 5 nitrogen and oxygen atoms in total. The number of carbonyl (C=O) groups excluding carboxylic acids is 1. The fourth-order valence-corrected chi connectivity index (χ4v) is 5.10. The number of hydrogen-bond donors (Lipinski definition) is 2. The minimum absolute atomic E-state index is 0.203. The third kappa shape index (κ3) is 4.98. The summed E-state index contributed by atoms with van der Waals surface area (Å²) in [5.41, 5.74) is 6.56. The topological polar surface area (TPSA) is 69.6 Å². The first kappa shape index (κ1) is 25.8. The van der Waals surface area contributed by atoms with Crippen molar-refractivity contribution in [1.82, 2.24) is 5.32 Å². The van der Waals surface area contributed by atoms with Crippen LogP contribution in [0, 0.1) is 20.8 Å². The molecule has 3 aromatic carbocycles. The van der Waals surface area contributed by atoms with Gasteiger partial charge >= 0.3 is 5.97 Å². The molecular formula is C30H33ClN2O3. The Balaban J connectivity index is 1.61. The summed E-state index contributed by atoms with van der Waals surface area (Å²) >= 11 is 6.25. The molecule has 1 atom stereocenters. The van der Waals surface area contributed by atoms with Gasteiger partial charge in [-0.2, -0.15) is 0 Å². The highest BCUT2D eigenvalue weighted by atomic mass is 35.5. The maximum absolute atomic E-state index is 12.9. The van der Waals surface area contributed by atoms with E-state index in [0.29, 0.717) is 18.4 Å². The van der Waals surface area contributed by atoms with Gasteiger partial charge in [0.05, 0.1) is 6.04 Å². The summed E-state index contributed by atoms with van der Waals surface area (Å²) < 4.78 is 0. The second kappa shape index (κ2) is 9.98. The Morgan fingerprint density at radius 1 is 1.00 bits per heavy atom. The van der Waals surface area contributed by atoms with Gasteiger partial charge < -0.3 is 15.3 Å². The van der Waals surface area contributed by atoms with Crippen LogP contribution in [-0.4, -0.2) is 29.6 Å². The first-order valence-corrected chi connectivity index (χ1v) is 12.7. The van der Waals surface area contributed by atoms with E-state index in [1.54, 1.807) is 0 Å². The first-order chi connectivity index (χ1) is 17.1. The van der Waals surface area contributed by atoms with Crippen molar-refractivity contribution in [2.75, 3.05) is 11.9 Å². The molecule has 1 aliphatic rings.